The van der Waals surface area contributed by atoms with Crippen LogP contribution in [-0.2, 0) is 9.59 Å². The molecule has 0 aromatic heterocycles. The highest BCUT2D eigenvalue weighted by Gasteiger charge is 2.36. The second kappa shape index (κ2) is 3.63. The number of carbonyl (C=O) groups is 2. The van der Waals surface area contributed by atoms with Crippen LogP contribution in [0.2, 0.25) is 0 Å². The summed E-state index contributed by atoms with van der Waals surface area (Å²) in [5.74, 6) is -0.277. The van der Waals surface area contributed by atoms with Gasteiger partial charge in [-0.25, -0.2) is 0 Å². The van der Waals surface area contributed by atoms with Gasteiger partial charge in [0.2, 0.25) is 5.91 Å². The second-order valence-corrected chi connectivity index (χ2v) is 4.04. The zero-order valence-electron chi connectivity index (χ0n) is 9.57. The summed E-state index contributed by atoms with van der Waals surface area (Å²) in [6, 6.07) is 5.20. The molecule has 0 radical (unpaired) electrons. The van der Waals surface area contributed by atoms with Crippen molar-refractivity contribution < 1.29 is 9.59 Å². The number of nitrogens with one attached hydrogen (secondary N) is 1. The Hall–Kier alpha value is -1.84. The lowest BCUT2D eigenvalue weighted by molar-refractivity contribution is -0.125. The third kappa shape index (κ3) is 1.46. The molecule has 0 aliphatic carbocycles. The molecule has 2 amide bonds. The summed E-state index contributed by atoms with van der Waals surface area (Å²) in [5, 5.41) is 2.68. The van der Waals surface area contributed by atoms with Gasteiger partial charge >= 0.3 is 0 Å². The van der Waals surface area contributed by atoms with Gasteiger partial charge < -0.3 is 10.2 Å². The Morgan fingerprint density at radius 1 is 1.44 bits per heavy atom. The van der Waals surface area contributed by atoms with Crippen molar-refractivity contribution in [2.24, 2.45) is 0 Å². The first-order valence-corrected chi connectivity index (χ1v) is 5.16. The predicted molar refractivity (Wildman–Crippen MR) is 61.1 cm³/mol. The third-order valence-corrected chi connectivity index (χ3v) is 2.84. The Morgan fingerprint density at radius 2 is 2.12 bits per heavy atom. The van der Waals surface area contributed by atoms with Gasteiger partial charge in [0.1, 0.15) is 6.04 Å². The lowest BCUT2D eigenvalue weighted by Gasteiger charge is -2.12. The highest BCUT2D eigenvalue weighted by molar-refractivity contribution is 6.06. The van der Waals surface area contributed by atoms with Crippen LogP contribution in [0.5, 0.6) is 0 Å². The quantitative estimate of drug-likeness (QED) is 0.768. The number of likely N-dealkylation sites (N-methyl/N-ethyl adjacent to an activating group) is 1. The van der Waals surface area contributed by atoms with Gasteiger partial charge in [0.05, 0.1) is 5.69 Å². The summed E-state index contributed by atoms with van der Waals surface area (Å²) in [7, 11) is 1.73. The van der Waals surface area contributed by atoms with Crippen LogP contribution in [0, 0.1) is 6.92 Å². The molecule has 0 unspecified atom stereocenters. The van der Waals surface area contributed by atoms with Gasteiger partial charge in [-0.1, -0.05) is 18.2 Å². The molecule has 1 aliphatic heterocycles. The minimum Gasteiger partial charge on any atom is -0.341 e. The highest BCUT2D eigenvalue weighted by atomic mass is 16.2. The molecular weight excluding hydrogens is 204 g/mol. The molecule has 4 heteroatoms. The summed E-state index contributed by atoms with van der Waals surface area (Å²) >= 11 is 0. The van der Waals surface area contributed by atoms with E-state index in [1.165, 1.54) is 6.92 Å². The summed E-state index contributed by atoms with van der Waals surface area (Å²) in [5.41, 5.74) is 2.83. The third-order valence-electron chi connectivity index (χ3n) is 2.84. The number of hydrogen-bond donors (Lipinski definition) is 1. The normalized spacial score (nSPS) is 18.6. The van der Waals surface area contributed by atoms with Gasteiger partial charge in [0, 0.05) is 19.5 Å². The maximum atomic E-state index is 12.0. The molecular formula is C12H14N2O2. The van der Waals surface area contributed by atoms with E-state index in [2.05, 4.69) is 5.32 Å². The first-order chi connectivity index (χ1) is 7.52. The van der Waals surface area contributed by atoms with E-state index in [4.69, 9.17) is 0 Å². The van der Waals surface area contributed by atoms with Crippen LogP contribution in [0.4, 0.5) is 5.69 Å². The molecule has 1 N–H and O–H groups in total. The fraction of sp³-hybridized carbons (Fsp3) is 0.333. The lowest BCUT2D eigenvalue weighted by Crippen LogP contribution is -2.34. The molecule has 16 heavy (non-hydrogen) atoms. The van der Waals surface area contributed by atoms with Crippen LogP contribution in [0.3, 0.4) is 0 Å². The van der Waals surface area contributed by atoms with E-state index in [9.17, 15) is 9.59 Å². The largest absolute Gasteiger partial charge is 0.341 e. The van der Waals surface area contributed by atoms with Crippen LogP contribution in [0.1, 0.15) is 24.1 Å². The average Bonchev–Trinajstić information content (AvgIpc) is 2.44. The number of aryl methyl sites for hydroxylation is 1. The molecule has 2 rings (SSSR count). The van der Waals surface area contributed by atoms with Crippen molar-refractivity contribution in [2.45, 2.75) is 19.9 Å². The SMILES string of the molecule is CC(=O)N[C@H]1C(=O)N(C)c2c(C)cccc21. The van der Waals surface area contributed by atoms with E-state index in [1.54, 1.807) is 11.9 Å². The van der Waals surface area contributed by atoms with Crippen molar-refractivity contribution in [3.63, 3.8) is 0 Å². The molecule has 1 atom stereocenters. The molecule has 1 aromatic rings. The smallest absolute Gasteiger partial charge is 0.254 e. The van der Waals surface area contributed by atoms with Crippen LogP contribution in [0.15, 0.2) is 18.2 Å². The molecule has 0 saturated heterocycles. The van der Waals surface area contributed by atoms with Crippen molar-refractivity contribution >= 4 is 17.5 Å². The fourth-order valence-corrected chi connectivity index (χ4v) is 2.15. The first-order valence-electron chi connectivity index (χ1n) is 5.16. The summed E-state index contributed by atoms with van der Waals surface area (Å²) < 4.78 is 0. The van der Waals surface area contributed by atoms with Crippen molar-refractivity contribution in [2.75, 3.05) is 11.9 Å². The summed E-state index contributed by atoms with van der Waals surface area (Å²) in [6.45, 7) is 3.37. The van der Waals surface area contributed by atoms with Crippen LogP contribution < -0.4 is 10.2 Å². The molecule has 84 valence electrons. The monoisotopic (exact) mass is 218 g/mol. The number of rotatable bonds is 1. The van der Waals surface area contributed by atoms with Crippen LogP contribution >= 0.6 is 0 Å². The molecule has 0 bridgehead atoms. The standard InChI is InChI=1S/C12H14N2O2/c1-7-5-4-6-9-10(13-8(2)15)12(16)14(3)11(7)9/h4-6,10H,1-3H3,(H,13,15)/t10-/m1/s1. The molecule has 0 spiro atoms. The average molecular weight is 218 g/mol. The summed E-state index contributed by atoms with van der Waals surface area (Å²) in [6.07, 6.45) is 0. The zero-order valence-corrected chi connectivity index (χ0v) is 9.57. The van der Waals surface area contributed by atoms with E-state index >= 15 is 0 Å². The maximum absolute atomic E-state index is 12.0. The Morgan fingerprint density at radius 3 is 2.75 bits per heavy atom. The molecule has 0 fully saturated rings. The Labute approximate surface area is 94.2 Å². The number of hydrogen-bond acceptors (Lipinski definition) is 2. The van der Waals surface area contributed by atoms with E-state index in [1.807, 2.05) is 25.1 Å². The fourth-order valence-electron chi connectivity index (χ4n) is 2.15. The Kier molecular flexibility index (Phi) is 2.42. The maximum Gasteiger partial charge on any atom is 0.254 e. The molecule has 0 saturated carbocycles. The van der Waals surface area contributed by atoms with Gasteiger partial charge in [-0.15, -0.1) is 0 Å². The number of benzene rings is 1. The second-order valence-electron chi connectivity index (χ2n) is 4.04. The van der Waals surface area contributed by atoms with Gasteiger partial charge in [0.15, 0.2) is 0 Å². The topological polar surface area (TPSA) is 49.4 Å². The van der Waals surface area contributed by atoms with Crippen molar-refractivity contribution in [1.82, 2.24) is 5.32 Å². The number of para-hydroxylation sites is 1. The van der Waals surface area contributed by atoms with E-state index < -0.39 is 6.04 Å². The van der Waals surface area contributed by atoms with Crippen LogP contribution in [0.25, 0.3) is 0 Å². The zero-order chi connectivity index (χ0) is 11.9. The van der Waals surface area contributed by atoms with Gasteiger partial charge in [0.25, 0.3) is 5.91 Å². The van der Waals surface area contributed by atoms with Crippen molar-refractivity contribution in [1.29, 1.82) is 0 Å². The number of amides is 2. The van der Waals surface area contributed by atoms with E-state index in [-0.39, 0.29) is 11.8 Å². The number of carbonyl (C=O) groups excluding carboxylic acids is 2. The lowest BCUT2D eigenvalue weighted by atomic mass is 10.1. The molecule has 1 aromatic carbocycles. The van der Waals surface area contributed by atoms with Crippen molar-refractivity contribution in [3.8, 4) is 0 Å². The van der Waals surface area contributed by atoms with Crippen molar-refractivity contribution in [3.05, 3.63) is 29.3 Å². The Balaban J connectivity index is 2.50. The minimum atomic E-state index is -0.530. The number of anilines is 1. The minimum absolute atomic E-state index is 0.0838. The van der Waals surface area contributed by atoms with Crippen LogP contribution in [-0.4, -0.2) is 18.9 Å². The van der Waals surface area contributed by atoms with Gasteiger partial charge in [-0.3, -0.25) is 9.59 Å². The predicted octanol–water partition coefficient (Wildman–Crippen LogP) is 1.15. The number of fused-ring (bicyclic) bond motifs is 1. The molecule has 4 nitrogen and oxygen atoms in total. The molecule has 1 heterocycles. The molecule has 1 aliphatic rings. The number of nitrogens with zero attached hydrogens (tertiary/aromatic N) is 1. The Bertz CT molecular complexity index is 468. The van der Waals surface area contributed by atoms with Gasteiger partial charge in [-0.2, -0.15) is 0 Å². The summed E-state index contributed by atoms with van der Waals surface area (Å²) in [4.78, 5) is 24.6. The van der Waals surface area contributed by atoms with E-state index in [0.29, 0.717) is 0 Å². The first kappa shape index (κ1) is 10.7. The van der Waals surface area contributed by atoms with E-state index in [0.717, 1.165) is 16.8 Å². The van der Waals surface area contributed by atoms with Gasteiger partial charge in [-0.05, 0) is 12.5 Å². The highest BCUT2D eigenvalue weighted by Crippen LogP contribution is 2.36.